The van der Waals surface area contributed by atoms with Crippen molar-refractivity contribution < 1.29 is 9.72 Å². The Hall–Kier alpha value is -1.95. The standard InChI is InChI=1S/C12H15N3O3/c16-12(11-6-1-2-7-13-11)14-9-4-3-5-10(8-9)15(17)18/h3-5,8,11,13H,1-2,6-7H2,(H,14,16)/t11-/m0/s1. The highest BCUT2D eigenvalue weighted by Gasteiger charge is 2.20. The molecule has 0 unspecified atom stereocenters. The Kier molecular flexibility index (Phi) is 3.88. The first-order valence-electron chi connectivity index (χ1n) is 5.95. The van der Waals surface area contributed by atoms with Gasteiger partial charge in [-0.3, -0.25) is 14.9 Å². The molecule has 1 amide bonds. The molecule has 1 atom stereocenters. The lowest BCUT2D eigenvalue weighted by Gasteiger charge is -2.22. The van der Waals surface area contributed by atoms with Gasteiger partial charge in [0.2, 0.25) is 5.91 Å². The van der Waals surface area contributed by atoms with Gasteiger partial charge >= 0.3 is 0 Å². The first-order valence-corrected chi connectivity index (χ1v) is 5.95. The van der Waals surface area contributed by atoms with Crippen LogP contribution in [-0.2, 0) is 4.79 Å². The third kappa shape index (κ3) is 3.04. The molecule has 0 aromatic heterocycles. The molecule has 0 spiro atoms. The maximum Gasteiger partial charge on any atom is 0.271 e. The minimum atomic E-state index is -0.478. The summed E-state index contributed by atoms with van der Waals surface area (Å²) in [5.41, 5.74) is 0.436. The van der Waals surface area contributed by atoms with Gasteiger partial charge in [-0.15, -0.1) is 0 Å². The zero-order valence-electron chi connectivity index (χ0n) is 9.89. The van der Waals surface area contributed by atoms with Gasteiger partial charge in [0.1, 0.15) is 0 Å². The second-order valence-electron chi connectivity index (χ2n) is 4.30. The van der Waals surface area contributed by atoms with E-state index in [4.69, 9.17) is 0 Å². The van der Waals surface area contributed by atoms with Crippen molar-refractivity contribution >= 4 is 17.3 Å². The van der Waals surface area contributed by atoms with Crippen LogP contribution in [0.2, 0.25) is 0 Å². The lowest BCUT2D eigenvalue weighted by atomic mass is 10.0. The Morgan fingerprint density at radius 3 is 2.94 bits per heavy atom. The van der Waals surface area contributed by atoms with E-state index in [9.17, 15) is 14.9 Å². The van der Waals surface area contributed by atoms with E-state index in [1.165, 1.54) is 12.1 Å². The molecule has 1 aromatic rings. The number of carbonyl (C=O) groups excluding carboxylic acids is 1. The van der Waals surface area contributed by atoms with Gasteiger partial charge in [0.15, 0.2) is 0 Å². The van der Waals surface area contributed by atoms with Crippen molar-refractivity contribution in [2.45, 2.75) is 25.3 Å². The van der Waals surface area contributed by atoms with E-state index >= 15 is 0 Å². The predicted octanol–water partition coefficient (Wildman–Crippen LogP) is 1.68. The monoisotopic (exact) mass is 249 g/mol. The maximum absolute atomic E-state index is 11.9. The van der Waals surface area contributed by atoms with Crippen molar-refractivity contribution in [3.05, 3.63) is 34.4 Å². The quantitative estimate of drug-likeness (QED) is 0.630. The highest BCUT2D eigenvalue weighted by Crippen LogP contribution is 2.18. The molecular weight excluding hydrogens is 234 g/mol. The Balaban J connectivity index is 2.02. The van der Waals surface area contributed by atoms with Gasteiger partial charge in [-0.05, 0) is 25.5 Å². The number of piperidine rings is 1. The summed E-state index contributed by atoms with van der Waals surface area (Å²) in [7, 11) is 0. The molecule has 1 aliphatic heterocycles. The molecule has 0 radical (unpaired) electrons. The Morgan fingerprint density at radius 1 is 1.44 bits per heavy atom. The fourth-order valence-corrected chi connectivity index (χ4v) is 2.00. The van der Waals surface area contributed by atoms with Crippen LogP contribution < -0.4 is 10.6 Å². The maximum atomic E-state index is 11.9. The van der Waals surface area contributed by atoms with Crippen LogP contribution in [0.1, 0.15) is 19.3 Å². The molecule has 1 aliphatic rings. The summed E-state index contributed by atoms with van der Waals surface area (Å²) in [6.45, 7) is 0.840. The van der Waals surface area contributed by atoms with E-state index in [0.29, 0.717) is 5.69 Å². The third-order valence-electron chi connectivity index (χ3n) is 2.95. The van der Waals surface area contributed by atoms with E-state index in [1.807, 2.05) is 0 Å². The summed E-state index contributed by atoms with van der Waals surface area (Å²) in [5, 5.41) is 16.5. The topological polar surface area (TPSA) is 84.3 Å². The zero-order valence-corrected chi connectivity index (χ0v) is 9.89. The Bertz CT molecular complexity index is 456. The first-order chi connectivity index (χ1) is 8.66. The second-order valence-corrected chi connectivity index (χ2v) is 4.30. The van der Waals surface area contributed by atoms with E-state index in [2.05, 4.69) is 10.6 Å². The molecule has 2 N–H and O–H groups in total. The van der Waals surface area contributed by atoms with Crippen LogP contribution >= 0.6 is 0 Å². The van der Waals surface area contributed by atoms with Gasteiger partial charge in [0, 0.05) is 17.8 Å². The third-order valence-corrected chi connectivity index (χ3v) is 2.95. The molecule has 1 fully saturated rings. The molecule has 1 heterocycles. The van der Waals surface area contributed by atoms with Crippen molar-refractivity contribution in [1.29, 1.82) is 0 Å². The summed E-state index contributed by atoms with van der Waals surface area (Å²) in [6, 6.07) is 5.77. The number of nitrogens with zero attached hydrogens (tertiary/aromatic N) is 1. The summed E-state index contributed by atoms with van der Waals surface area (Å²) >= 11 is 0. The van der Waals surface area contributed by atoms with E-state index in [-0.39, 0.29) is 17.6 Å². The van der Waals surface area contributed by atoms with Gasteiger partial charge in [-0.2, -0.15) is 0 Å². The van der Waals surface area contributed by atoms with Crippen molar-refractivity contribution in [3.63, 3.8) is 0 Å². The van der Waals surface area contributed by atoms with Crippen LogP contribution in [0.3, 0.4) is 0 Å². The Morgan fingerprint density at radius 2 is 2.28 bits per heavy atom. The highest BCUT2D eigenvalue weighted by molar-refractivity contribution is 5.95. The lowest BCUT2D eigenvalue weighted by molar-refractivity contribution is -0.384. The van der Waals surface area contributed by atoms with Crippen LogP contribution in [-0.4, -0.2) is 23.4 Å². The number of rotatable bonds is 3. The number of hydrogen-bond donors (Lipinski definition) is 2. The number of nitrogens with one attached hydrogen (secondary N) is 2. The predicted molar refractivity (Wildman–Crippen MR) is 67.4 cm³/mol. The fraction of sp³-hybridized carbons (Fsp3) is 0.417. The van der Waals surface area contributed by atoms with Gasteiger partial charge in [-0.25, -0.2) is 0 Å². The first kappa shape index (κ1) is 12.5. The van der Waals surface area contributed by atoms with Crippen LogP contribution in [0.4, 0.5) is 11.4 Å². The molecule has 18 heavy (non-hydrogen) atoms. The number of amides is 1. The van der Waals surface area contributed by atoms with E-state index in [1.54, 1.807) is 12.1 Å². The van der Waals surface area contributed by atoms with E-state index < -0.39 is 4.92 Å². The van der Waals surface area contributed by atoms with Crippen LogP contribution in [0.5, 0.6) is 0 Å². The number of nitro benzene ring substituents is 1. The van der Waals surface area contributed by atoms with Crippen molar-refractivity contribution in [2.24, 2.45) is 0 Å². The van der Waals surface area contributed by atoms with Gasteiger partial charge in [-0.1, -0.05) is 12.5 Å². The zero-order chi connectivity index (χ0) is 13.0. The fourth-order valence-electron chi connectivity index (χ4n) is 2.00. The molecule has 2 rings (SSSR count). The highest BCUT2D eigenvalue weighted by atomic mass is 16.6. The average molecular weight is 249 g/mol. The van der Waals surface area contributed by atoms with Crippen LogP contribution in [0.15, 0.2) is 24.3 Å². The van der Waals surface area contributed by atoms with Crippen molar-refractivity contribution in [2.75, 3.05) is 11.9 Å². The lowest BCUT2D eigenvalue weighted by Crippen LogP contribution is -2.43. The number of carbonyl (C=O) groups is 1. The summed E-state index contributed by atoms with van der Waals surface area (Å²) in [4.78, 5) is 22.0. The Labute approximate surface area is 105 Å². The molecule has 0 bridgehead atoms. The van der Waals surface area contributed by atoms with E-state index in [0.717, 1.165) is 25.8 Å². The molecule has 6 heteroatoms. The number of nitro groups is 1. The second kappa shape index (κ2) is 5.59. The largest absolute Gasteiger partial charge is 0.324 e. The minimum Gasteiger partial charge on any atom is -0.324 e. The van der Waals surface area contributed by atoms with Crippen LogP contribution in [0, 0.1) is 10.1 Å². The molecule has 96 valence electrons. The average Bonchev–Trinajstić information content (AvgIpc) is 2.40. The minimum absolute atomic E-state index is 0.0237. The SMILES string of the molecule is O=C(Nc1cccc([N+](=O)[O-])c1)[C@@H]1CCCCN1. The van der Waals surface area contributed by atoms with Crippen molar-refractivity contribution in [1.82, 2.24) is 5.32 Å². The molecule has 1 aromatic carbocycles. The van der Waals surface area contributed by atoms with Crippen molar-refractivity contribution in [3.8, 4) is 0 Å². The molecule has 0 saturated carbocycles. The normalized spacial score (nSPS) is 19.2. The van der Waals surface area contributed by atoms with Gasteiger partial charge < -0.3 is 10.6 Å². The summed E-state index contributed by atoms with van der Waals surface area (Å²) in [6.07, 6.45) is 2.92. The molecule has 0 aliphatic carbocycles. The summed E-state index contributed by atoms with van der Waals surface area (Å²) in [5.74, 6) is -0.129. The summed E-state index contributed by atoms with van der Waals surface area (Å²) < 4.78 is 0. The molecular formula is C12H15N3O3. The van der Waals surface area contributed by atoms with Gasteiger partial charge in [0.25, 0.3) is 5.69 Å². The molecule has 6 nitrogen and oxygen atoms in total. The number of non-ortho nitro benzene ring substituents is 1. The van der Waals surface area contributed by atoms with Crippen LogP contribution in [0.25, 0.3) is 0 Å². The smallest absolute Gasteiger partial charge is 0.271 e. The number of anilines is 1. The molecule has 1 saturated heterocycles. The number of benzene rings is 1. The van der Waals surface area contributed by atoms with Gasteiger partial charge in [0.05, 0.1) is 11.0 Å². The number of hydrogen-bond acceptors (Lipinski definition) is 4.